The fourth-order valence-electron chi connectivity index (χ4n) is 4.16. The fraction of sp³-hybridized carbons (Fsp3) is 0.133. The molecule has 1 aliphatic heterocycles. The van der Waals surface area contributed by atoms with Gasteiger partial charge in [-0.3, -0.25) is 16.1 Å². The highest BCUT2D eigenvalue weighted by atomic mass is 19.1. The first-order valence-corrected chi connectivity index (χ1v) is 13.4. The number of aliphatic imine (C=N–C) groups is 1. The van der Waals surface area contributed by atoms with Gasteiger partial charge in [-0.05, 0) is 36.4 Å². The zero-order valence-electron chi connectivity index (χ0n) is 24.3. The minimum Gasteiger partial charge on any atom is -0.504 e. The number of hydrogen-bond acceptors (Lipinski definition) is 11. The van der Waals surface area contributed by atoms with Crippen LogP contribution in [0.15, 0.2) is 59.6 Å². The van der Waals surface area contributed by atoms with E-state index in [0.717, 1.165) is 12.1 Å². The summed E-state index contributed by atoms with van der Waals surface area (Å²) in [5, 5.41) is 31.6. The molecule has 46 heavy (non-hydrogen) atoms. The van der Waals surface area contributed by atoms with Crippen molar-refractivity contribution >= 4 is 23.5 Å². The summed E-state index contributed by atoms with van der Waals surface area (Å²) < 4.78 is 59.5. The molecule has 0 saturated heterocycles. The number of aromatic nitrogens is 1. The Labute approximate surface area is 259 Å². The molecule has 0 bridgehead atoms. The summed E-state index contributed by atoms with van der Waals surface area (Å²) in [4.78, 5) is 19.7. The van der Waals surface area contributed by atoms with Gasteiger partial charge in [0, 0.05) is 24.4 Å². The van der Waals surface area contributed by atoms with Crippen molar-refractivity contribution in [1.82, 2.24) is 10.3 Å². The summed E-state index contributed by atoms with van der Waals surface area (Å²) in [5.41, 5.74) is 6.17. The van der Waals surface area contributed by atoms with Crippen LogP contribution in [0.25, 0.3) is 0 Å². The third kappa shape index (κ3) is 6.59. The number of amidine groups is 1. The number of carbonyl (C=O) groups is 1. The van der Waals surface area contributed by atoms with Gasteiger partial charge in [-0.1, -0.05) is 6.07 Å². The molecule has 1 aliphatic rings. The van der Waals surface area contributed by atoms with Crippen molar-refractivity contribution in [3.63, 3.8) is 0 Å². The van der Waals surface area contributed by atoms with E-state index in [1.54, 1.807) is 12.1 Å². The Hall–Kier alpha value is -6.32. The van der Waals surface area contributed by atoms with Crippen molar-refractivity contribution < 1.29 is 52.9 Å². The van der Waals surface area contributed by atoms with Gasteiger partial charge in [0.25, 0.3) is 17.6 Å². The van der Waals surface area contributed by atoms with Crippen LogP contribution in [-0.2, 0) is 0 Å². The van der Waals surface area contributed by atoms with Crippen molar-refractivity contribution in [3.8, 4) is 52.0 Å². The Morgan fingerprint density at radius 1 is 0.935 bits per heavy atom. The molecule has 238 valence electrons. The number of hydrogen-bond donors (Lipinski definition) is 6. The monoisotopic (exact) mass is 637 g/mol. The highest BCUT2D eigenvalue weighted by Gasteiger charge is 2.29. The van der Waals surface area contributed by atoms with Crippen LogP contribution in [0, 0.1) is 11.6 Å². The molecule has 0 atom stereocenters. The van der Waals surface area contributed by atoms with E-state index in [-0.39, 0.29) is 45.7 Å². The largest absolute Gasteiger partial charge is 0.504 e. The molecule has 4 aromatic rings. The SMILES string of the molecule is COc1cc(C(=O)O)cc(OC)c1Oc1c(F)c(Oc2cccc(NC3=NCCN3)c2)nc(Oc2cc(C(N)=[NH2+])ccc2O)c1F. The summed E-state index contributed by atoms with van der Waals surface area (Å²) >= 11 is 0. The van der Waals surface area contributed by atoms with Gasteiger partial charge in [0.05, 0.1) is 31.9 Å². The number of methoxy groups -OCH3 is 2. The summed E-state index contributed by atoms with van der Waals surface area (Å²) in [6, 6.07) is 12.3. The van der Waals surface area contributed by atoms with E-state index in [1.807, 2.05) is 0 Å². The van der Waals surface area contributed by atoms with E-state index in [2.05, 4.69) is 20.6 Å². The van der Waals surface area contributed by atoms with Crippen LogP contribution in [0.5, 0.6) is 52.0 Å². The number of benzene rings is 3. The second-order valence-corrected chi connectivity index (χ2v) is 9.45. The quantitative estimate of drug-likeness (QED) is 0.104. The molecule has 0 amide bonds. The summed E-state index contributed by atoms with van der Waals surface area (Å²) in [7, 11) is 2.39. The molecule has 0 fully saturated rings. The van der Waals surface area contributed by atoms with E-state index in [1.165, 1.54) is 44.6 Å². The number of phenolic OH excluding ortho intramolecular Hbond substituents is 1. The van der Waals surface area contributed by atoms with Gasteiger partial charge >= 0.3 is 5.97 Å². The molecule has 0 radical (unpaired) electrons. The first kappa shape index (κ1) is 31.1. The Bertz CT molecular complexity index is 1840. The number of aromatic carboxylic acids is 1. The molecular weight excluding hydrogens is 610 g/mol. The minimum absolute atomic E-state index is 0.0785. The van der Waals surface area contributed by atoms with Crippen LogP contribution in [0.3, 0.4) is 0 Å². The normalized spacial score (nSPS) is 12.0. The highest BCUT2D eigenvalue weighted by Crippen LogP contribution is 2.46. The molecule has 0 saturated carbocycles. The number of nitrogens with zero attached hydrogens (tertiary/aromatic N) is 2. The predicted molar refractivity (Wildman–Crippen MR) is 160 cm³/mol. The first-order chi connectivity index (χ1) is 22.1. The Balaban J connectivity index is 1.61. The molecule has 16 heteroatoms. The Morgan fingerprint density at radius 2 is 1.61 bits per heavy atom. The number of carboxylic acid groups (broad SMARTS) is 1. The Kier molecular flexibility index (Phi) is 8.88. The lowest BCUT2D eigenvalue weighted by atomic mass is 10.2. The maximum absolute atomic E-state index is 16.1. The molecule has 5 rings (SSSR count). The zero-order chi connectivity index (χ0) is 33.0. The number of carboxylic acids is 1. The van der Waals surface area contributed by atoms with E-state index in [4.69, 9.17) is 34.8 Å². The van der Waals surface area contributed by atoms with Crippen LogP contribution >= 0.6 is 0 Å². The van der Waals surface area contributed by atoms with Crippen molar-refractivity contribution in [2.75, 3.05) is 32.6 Å². The van der Waals surface area contributed by atoms with Crippen molar-refractivity contribution in [2.45, 2.75) is 0 Å². The number of pyridine rings is 1. The van der Waals surface area contributed by atoms with Crippen molar-refractivity contribution in [2.24, 2.45) is 10.7 Å². The number of guanidine groups is 1. The van der Waals surface area contributed by atoms with Crippen LogP contribution in [0.2, 0.25) is 0 Å². The predicted octanol–water partition coefficient (Wildman–Crippen LogP) is 2.99. The molecule has 2 heterocycles. The van der Waals surface area contributed by atoms with Gasteiger partial charge in [-0.15, -0.1) is 0 Å². The summed E-state index contributed by atoms with van der Waals surface area (Å²) in [6.45, 7) is 1.26. The topological polar surface area (TPSA) is 205 Å². The van der Waals surface area contributed by atoms with Crippen LogP contribution < -0.4 is 45.5 Å². The van der Waals surface area contributed by atoms with Gasteiger partial charge in [0.1, 0.15) is 5.75 Å². The number of nitrogens with two attached hydrogens (primary N) is 2. The average molecular weight is 638 g/mol. The second kappa shape index (κ2) is 13.1. The molecule has 8 N–H and O–H groups in total. The Morgan fingerprint density at radius 3 is 2.22 bits per heavy atom. The van der Waals surface area contributed by atoms with E-state index in [9.17, 15) is 15.0 Å². The number of nitrogens with one attached hydrogen (secondary N) is 2. The van der Waals surface area contributed by atoms with E-state index >= 15 is 8.78 Å². The van der Waals surface area contributed by atoms with Crippen molar-refractivity contribution in [3.05, 3.63) is 77.4 Å². The lowest BCUT2D eigenvalue weighted by molar-refractivity contribution is -0.114. The molecular formula is C30H27F2N6O8+. The zero-order valence-corrected chi connectivity index (χ0v) is 24.3. The van der Waals surface area contributed by atoms with Gasteiger partial charge < -0.3 is 44.5 Å². The smallest absolute Gasteiger partial charge is 0.335 e. The number of phenols is 1. The third-order valence-electron chi connectivity index (χ3n) is 6.37. The lowest BCUT2D eigenvalue weighted by Crippen LogP contribution is -2.46. The van der Waals surface area contributed by atoms with E-state index < -0.39 is 40.9 Å². The molecule has 14 nitrogen and oxygen atoms in total. The molecule has 0 aliphatic carbocycles. The summed E-state index contributed by atoms with van der Waals surface area (Å²) in [5.74, 6) is -8.07. The molecule has 0 unspecified atom stereocenters. The standard InChI is InChI=1S/C30H26F2N6O8/c1-42-20-11-15(29(40)41)12-21(43-2)24(20)46-25-22(31)27(44-17-5-3-4-16(13-17)37-30-35-8-9-36-30)38-28(23(25)32)45-19-10-14(26(33)34)6-7-18(19)39/h3-7,10-13,39H,8-9H2,1-2H3,(H3,33,34)(H,40,41)(H2,35,36,37)/p+1. The van der Waals surface area contributed by atoms with Crippen molar-refractivity contribution in [1.29, 1.82) is 0 Å². The molecule has 0 spiro atoms. The van der Waals surface area contributed by atoms with Crippen LogP contribution in [0.4, 0.5) is 14.5 Å². The first-order valence-electron chi connectivity index (χ1n) is 13.4. The molecule has 3 aromatic carbocycles. The van der Waals surface area contributed by atoms with Gasteiger partial charge in [-0.2, -0.15) is 13.8 Å². The van der Waals surface area contributed by atoms with Gasteiger partial charge in [0.15, 0.2) is 29.0 Å². The number of halogens is 2. The third-order valence-corrected chi connectivity index (χ3v) is 6.37. The molecule has 1 aromatic heterocycles. The highest BCUT2D eigenvalue weighted by molar-refractivity contribution is 5.95. The van der Waals surface area contributed by atoms with Gasteiger partial charge in [0.2, 0.25) is 23.1 Å². The number of rotatable bonds is 11. The number of anilines is 1. The van der Waals surface area contributed by atoms with Gasteiger partial charge in [-0.25, -0.2) is 4.79 Å². The minimum atomic E-state index is -1.47. The number of aromatic hydroxyl groups is 1. The lowest BCUT2D eigenvalue weighted by Gasteiger charge is -2.18. The second-order valence-electron chi connectivity index (χ2n) is 9.45. The van der Waals surface area contributed by atoms with Crippen LogP contribution in [-0.4, -0.2) is 60.3 Å². The maximum atomic E-state index is 16.1. The van der Waals surface area contributed by atoms with Crippen LogP contribution in [0.1, 0.15) is 15.9 Å². The number of ether oxygens (including phenoxy) is 5. The average Bonchev–Trinajstić information content (AvgIpc) is 3.55. The maximum Gasteiger partial charge on any atom is 0.335 e. The van der Waals surface area contributed by atoms with E-state index in [0.29, 0.717) is 24.7 Å². The fourth-order valence-corrected chi connectivity index (χ4v) is 4.16. The summed E-state index contributed by atoms with van der Waals surface area (Å²) in [6.07, 6.45) is 0.